The summed E-state index contributed by atoms with van der Waals surface area (Å²) in [7, 11) is 0. The fourth-order valence-corrected chi connectivity index (χ4v) is 1.56. The lowest BCUT2D eigenvalue weighted by molar-refractivity contribution is 0.160. The van der Waals surface area contributed by atoms with E-state index < -0.39 is 0 Å². The number of hydrogen-bond donors (Lipinski definition) is 0. The zero-order chi connectivity index (χ0) is 12.1. The molecule has 1 amide bonds. The molecule has 0 spiro atoms. The van der Waals surface area contributed by atoms with Gasteiger partial charge in [-0.1, -0.05) is 23.2 Å². The Morgan fingerprint density at radius 2 is 2.00 bits per heavy atom. The first-order valence-corrected chi connectivity index (χ1v) is 5.75. The van der Waals surface area contributed by atoms with E-state index in [1.165, 1.54) is 4.90 Å². The van der Waals surface area contributed by atoms with Crippen LogP contribution in [0.15, 0.2) is 18.2 Å². The minimum atomic E-state index is -0.386. The van der Waals surface area contributed by atoms with Gasteiger partial charge in [-0.05, 0) is 32.0 Å². The van der Waals surface area contributed by atoms with Gasteiger partial charge >= 0.3 is 6.09 Å². The average molecular weight is 262 g/mol. The van der Waals surface area contributed by atoms with Gasteiger partial charge in [-0.25, -0.2) is 4.79 Å². The molecule has 0 saturated carbocycles. The van der Waals surface area contributed by atoms with Gasteiger partial charge in [0, 0.05) is 12.2 Å². The fraction of sp³-hybridized carbons (Fsp3) is 0.364. The Hall–Kier alpha value is -0.930. The molecule has 0 unspecified atom stereocenters. The first-order valence-electron chi connectivity index (χ1n) is 4.99. The normalized spacial score (nSPS) is 10.0. The van der Waals surface area contributed by atoms with Crippen LogP contribution in [0.25, 0.3) is 0 Å². The molecule has 0 fully saturated rings. The lowest BCUT2D eigenvalue weighted by Gasteiger charge is -2.20. The molecule has 1 rings (SSSR count). The molecule has 0 aliphatic carbocycles. The van der Waals surface area contributed by atoms with Crippen LogP contribution in [-0.2, 0) is 4.74 Å². The van der Waals surface area contributed by atoms with Gasteiger partial charge in [0.2, 0.25) is 0 Å². The van der Waals surface area contributed by atoms with E-state index in [1.807, 2.05) is 6.92 Å². The van der Waals surface area contributed by atoms with Crippen molar-refractivity contribution in [2.75, 3.05) is 18.1 Å². The van der Waals surface area contributed by atoms with E-state index in [0.717, 1.165) is 0 Å². The molecule has 0 saturated heterocycles. The zero-order valence-corrected chi connectivity index (χ0v) is 10.7. The third-order valence-electron chi connectivity index (χ3n) is 2.02. The Balaban J connectivity index is 2.95. The van der Waals surface area contributed by atoms with Gasteiger partial charge in [0.1, 0.15) is 0 Å². The summed E-state index contributed by atoms with van der Waals surface area (Å²) in [6.45, 7) is 4.48. The Bertz CT molecular complexity index is 382. The Morgan fingerprint density at radius 3 is 2.50 bits per heavy atom. The smallest absolute Gasteiger partial charge is 0.414 e. The van der Waals surface area contributed by atoms with Gasteiger partial charge in [-0.2, -0.15) is 0 Å². The van der Waals surface area contributed by atoms with E-state index in [2.05, 4.69) is 0 Å². The van der Waals surface area contributed by atoms with Crippen molar-refractivity contribution in [3.8, 4) is 0 Å². The highest BCUT2D eigenvalue weighted by atomic mass is 35.5. The van der Waals surface area contributed by atoms with Crippen molar-refractivity contribution in [2.45, 2.75) is 13.8 Å². The molecule has 1 aromatic carbocycles. The molecular weight excluding hydrogens is 249 g/mol. The minimum absolute atomic E-state index is 0.344. The predicted molar refractivity (Wildman–Crippen MR) is 66.5 cm³/mol. The van der Waals surface area contributed by atoms with Crippen molar-refractivity contribution in [1.29, 1.82) is 0 Å². The number of carbonyl (C=O) groups excluding carboxylic acids is 1. The number of anilines is 1. The summed E-state index contributed by atoms with van der Waals surface area (Å²) >= 11 is 11.7. The minimum Gasteiger partial charge on any atom is -0.449 e. The van der Waals surface area contributed by atoms with Gasteiger partial charge in [0.05, 0.1) is 16.7 Å². The van der Waals surface area contributed by atoms with Crippen LogP contribution in [0.3, 0.4) is 0 Å². The number of halogens is 2. The van der Waals surface area contributed by atoms with Gasteiger partial charge in [-0.15, -0.1) is 0 Å². The van der Waals surface area contributed by atoms with Crippen LogP contribution >= 0.6 is 23.2 Å². The topological polar surface area (TPSA) is 29.5 Å². The maximum atomic E-state index is 11.6. The molecule has 0 atom stereocenters. The zero-order valence-electron chi connectivity index (χ0n) is 9.17. The largest absolute Gasteiger partial charge is 0.449 e. The molecule has 0 aliphatic rings. The summed E-state index contributed by atoms with van der Waals surface area (Å²) < 4.78 is 4.93. The average Bonchev–Trinajstić information content (AvgIpc) is 2.25. The van der Waals surface area contributed by atoms with Crippen LogP contribution in [0.1, 0.15) is 13.8 Å². The van der Waals surface area contributed by atoms with Crippen LogP contribution in [-0.4, -0.2) is 19.2 Å². The van der Waals surface area contributed by atoms with Gasteiger partial charge in [0.25, 0.3) is 0 Å². The summed E-state index contributed by atoms with van der Waals surface area (Å²) in [6.07, 6.45) is -0.386. The molecular formula is C11H13Cl2NO2. The number of carbonyl (C=O) groups is 1. The van der Waals surface area contributed by atoms with Crippen molar-refractivity contribution in [3.63, 3.8) is 0 Å². The predicted octanol–water partition coefficient (Wildman–Crippen LogP) is 3.98. The second kappa shape index (κ2) is 5.97. The lowest BCUT2D eigenvalue weighted by atomic mass is 10.3. The monoisotopic (exact) mass is 261 g/mol. The molecule has 0 aromatic heterocycles. The molecule has 0 radical (unpaired) electrons. The number of benzene rings is 1. The summed E-state index contributed by atoms with van der Waals surface area (Å²) in [6, 6.07) is 5.03. The molecule has 1 aromatic rings. The van der Waals surface area contributed by atoms with Crippen LogP contribution < -0.4 is 4.90 Å². The standard InChI is InChI=1S/C11H13Cl2NO2/c1-3-14(11(15)16-4-2)8-5-6-9(12)10(13)7-8/h5-7H,3-4H2,1-2H3. The maximum absolute atomic E-state index is 11.6. The van der Waals surface area contributed by atoms with Crippen LogP contribution in [0.5, 0.6) is 0 Å². The SMILES string of the molecule is CCOC(=O)N(CC)c1ccc(Cl)c(Cl)c1. The molecule has 0 bridgehead atoms. The third kappa shape index (κ3) is 3.03. The van der Waals surface area contributed by atoms with Crippen molar-refractivity contribution >= 4 is 35.0 Å². The highest BCUT2D eigenvalue weighted by Gasteiger charge is 2.15. The van der Waals surface area contributed by atoms with Crippen molar-refractivity contribution < 1.29 is 9.53 Å². The molecule has 3 nitrogen and oxygen atoms in total. The lowest BCUT2D eigenvalue weighted by Crippen LogP contribution is -2.31. The molecule has 5 heteroatoms. The van der Waals surface area contributed by atoms with E-state index in [4.69, 9.17) is 27.9 Å². The summed E-state index contributed by atoms with van der Waals surface area (Å²) in [5.41, 5.74) is 0.676. The van der Waals surface area contributed by atoms with E-state index in [9.17, 15) is 4.79 Å². The van der Waals surface area contributed by atoms with E-state index in [0.29, 0.717) is 28.9 Å². The highest BCUT2D eigenvalue weighted by Crippen LogP contribution is 2.27. The first-order chi connectivity index (χ1) is 7.60. The molecule has 0 heterocycles. The first kappa shape index (κ1) is 13.1. The number of nitrogens with zero attached hydrogens (tertiary/aromatic N) is 1. The molecule has 0 aliphatic heterocycles. The van der Waals surface area contributed by atoms with Crippen LogP contribution in [0.2, 0.25) is 10.0 Å². The van der Waals surface area contributed by atoms with Gasteiger partial charge in [0.15, 0.2) is 0 Å². The maximum Gasteiger partial charge on any atom is 0.414 e. The number of ether oxygens (including phenoxy) is 1. The number of rotatable bonds is 3. The summed E-state index contributed by atoms with van der Waals surface area (Å²) in [5.74, 6) is 0. The van der Waals surface area contributed by atoms with Crippen molar-refractivity contribution in [2.24, 2.45) is 0 Å². The molecule has 0 N–H and O–H groups in total. The van der Waals surface area contributed by atoms with E-state index >= 15 is 0 Å². The van der Waals surface area contributed by atoms with Crippen LogP contribution in [0, 0.1) is 0 Å². The van der Waals surface area contributed by atoms with Crippen molar-refractivity contribution in [1.82, 2.24) is 0 Å². The Morgan fingerprint density at radius 1 is 1.31 bits per heavy atom. The number of amides is 1. The van der Waals surface area contributed by atoms with E-state index in [-0.39, 0.29) is 6.09 Å². The van der Waals surface area contributed by atoms with Gasteiger partial charge < -0.3 is 4.74 Å². The van der Waals surface area contributed by atoms with Crippen LogP contribution in [0.4, 0.5) is 10.5 Å². The third-order valence-corrected chi connectivity index (χ3v) is 2.76. The van der Waals surface area contributed by atoms with Gasteiger partial charge in [-0.3, -0.25) is 4.90 Å². The second-order valence-electron chi connectivity index (χ2n) is 3.04. The molecule has 16 heavy (non-hydrogen) atoms. The second-order valence-corrected chi connectivity index (χ2v) is 3.86. The summed E-state index contributed by atoms with van der Waals surface area (Å²) in [5, 5.41) is 0.882. The summed E-state index contributed by atoms with van der Waals surface area (Å²) in [4.78, 5) is 13.1. The Kier molecular flexibility index (Phi) is 4.90. The quantitative estimate of drug-likeness (QED) is 0.824. The number of hydrogen-bond acceptors (Lipinski definition) is 2. The fourth-order valence-electron chi connectivity index (χ4n) is 1.27. The molecule has 88 valence electrons. The highest BCUT2D eigenvalue weighted by molar-refractivity contribution is 6.42. The Labute approximate surface area is 105 Å². The van der Waals surface area contributed by atoms with Crippen molar-refractivity contribution in [3.05, 3.63) is 28.2 Å². The van der Waals surface area contributed by atoms with E-state index in [1.54, 1.807) is 25.1 Å².